The minimum atomic E-state index is -0.198. The molecule has 4 heteroatoms. The average Bonchev–Trinajstić information content (AvgIpc) is 2.78. The molecule has 2 N–H and O–H groups in total. The van der Waals surface area contributed by atoms with Gasteiger partial charge in [-0.15, -0.1) is 0 Å². The lowest BCUT2D eigenvalue weighted by molar-refractivity contribution is -0.134. The van der Waals surface area contributed by atoms with Crippen molar-refractivity contribution in [1.82, 2.24) is 4.90 Å². The van der Waals surface area contributed by atoms with Crippen molar-refractivity contribution in [2.75, 3.05) is 18.5 Å². The van der Waals surface area contributed by atoms with Crippen LogP contribution in [0.2, 0.25) is 0 Å². The van der Waals surface area contributed by atoms with Gasteiger partial charge in [-0.2, -0.15) is 0 Å². The van der Waals surface area contributed by atoms with E-state index in [0.29, 0.717) is 6.54 Å². The second kappa shape index (κ2) is 5.40. The Morgan fingerprint density at radius 2 is 2.22 bits per heavy atom. The van der Waals surface area contributed by atoms with Crippen LogP contribution in [0.4, 0.5) is 5.69 Å². The summed E-state index contributed by atoms with van der Waals surface area (Å²) in [4.78, 5) is 14.1. The zero-order valence-electron chi connectivity index (χ0n) is 10.9. The summed E-state index contributed by atoms with van der Waals surface area (Å²) in [7, 11) is 0. The van der Waals surface area contributed by atoms with Crippen molar-refractivity contribution in [3.63, 3.8) is 0 Å². The number of carbonyl (C=O) groups is 1. The number of aliphatic hydroxyl groups is 1. The molecule has 1 aliphatic heterocycles. The molecule has 18 heavy (non-hydrogen) atoms. The molecule has 1 aromatic carbocycles. The molecule has 0 saturated carbocycles. The van der Waals surface area contributed by atoms with Crippen LogP contribution in [0.15, 0.2) is 24.3 Å². The van der Waals surface area contributed by atoms with Crippen LogP contribution in [-0.2, 0) is 11.2 Å². The summed E-state index contributed by atoms with van der Waals surface area (Å²) in [6.07, 6.45) is 0.726. The van der Waals surface area contributed by atoms with Crippen molar-refractivity contribution in [2.45, 2.75) is 32.4 Å². The van der Waals surface area contributed by atoms with Gasteiger partial charge in [0.15, 0.2) is 0 Å². The van der Waals surface area contributed by atoms with E-state index < -0.39 is 0 Å². The summed E-state index contributed by atoms with van der Waals surface area (Å²) in [5.74, 6) is 0.0650. The quantitative estimate of drug-likeness (QED) is 0.843. The topological polar surface area (TPSA) is 52.6 Å². The van der Waals surface area contributed by atoms with Gasteiger partial charge in [0.05, 0.1) is 6.61 Å². The number of carbonyl (C=O) groups excluding carboxylic acids is 1. The van der Waals surface area contributed by atoms with Crippen LogP contribution in [0.25, 0.3) is 0 Å². The van der Waals surface area contributed by atoms with E-state index in [9.17, 15) is 4.79 Å². The number of nitrogens with zero attached hydrogens (tertiary/aromatic N) is 1. The molecule has 1 aliphatic rings. The maximum atomic E-state index is 12.4. The van der Waals surface area contributed by atoms with E-state index >= 15 is 0 Å². The number of amides is 1. The maximum Gasteiger partial charge on any atom is 0.245 e. The van der Waals surface area contributed by atoms with Gasteiger partial charge in [-0.25, -0.2) is 0 Å². The van der Waals surface area contributed by atoms with Gasteiger partial charge in [0.1, 0.15) is 6.04 Å². The van der Waals surface area contributed by atoms with E-state index in [1.54, 1.807) is 4.90 Å². The Labute approximate surface area is 108 Å². The maximum absolute atomic E-state index is 12.4. The van der Waals surface area contributed by atoms with Crippen LogP contribution in [-0.4, -0.2) is 41.1 Å². The second-order valence-corrected chi connectivity index (χ2v) is 4.91. The lowest BCUT2D eigenvalue weighted by Crippen LogP contribution is -2.46. The molecule has 98 valence electrons. The predicted molar refractivity (Wildman–Crippen MR) is 71.5 cm³/mol. The molecule has 2 rings (SSSR count). The molecule has 1 aromatic rings. The van der Waals surface area contributed by atoms with Crippen LogP contribution in [0.1, 0.15) is 19.4 Å². The molecule has 0 bridgehead atoms. The van der Waals surface area contributed by atoms with Gasteiger partial charge >= 0.3 is 0 Å². The minimum absolute atomic E-state index is 0.00356. The van der Waals surface area contributed by atoms with Gasteiger partial charge in [0, 0.05) is 24.7 Å². The molecule has 1 unspecified atom stereocenters. The van der Waals surface area contributed by atoms with Crippen LogP contribution in [0.5, 0.6) is 0 Å². The highest BCUT2D eigenvalue weighted by atomic mass is 16.3. The Kier molecular flexibility index (Phi) is 3.87. The Bertz CT molecular complexity index is 407. The van der Waals surface area contributed by atoms with Crippen LogP contribution < -0.4 is 5.32 Å². The Hall–Kier alpha value is -1.55. The number of benzene rings is 1. The first-order valence-corrected chi connectivity index (χ1v) is 6.39. The SMILES string of the molecule is CC(C)N(CCO)C(=O)C1Cc2ccccc2N1. The number of fused-ring (bicyclic) bond motifs is 1. The molecule has 0 aliphatic carbocycles. The van der Waals surface area contributed by atoms with Gasteiger partial charge in [-0.3, -0.25) is 4.79 Å². The van der Waals surface area contributed by atoms with Gasteiger partial charge in [-0.1, -0.05) is 18.2 Å². The fraction of sp³-hybridized carbons (Fsp3) is 0.500. The van der Waals surface area contributed by atoms with Gasteiger partial charge < -0.3 is 15.3 Å². The number of hydrogen-bond acceptors (Lipinski definition) is 3. The fourth-order valence-corrected chi connectivity index (χ4v) is 2.38. The Balaban J connectivity index is 2.08. The molecular weight excluding hydrogens is 228 g/mol. The van der Waals surface area contributed by atoms with Crippen molar-refractivity contribution >= 4 is 11.6 Å². The highest BCUT2D eigenvalue weighted by Gasteiger charge is 2.30. The summed E-state index contributed by atoms with van der Waals surface area (Å²) in [6.45, 7) is 4.33. The van der Waals surface area contributed by atoms with E-state index in [-0.39, 0.29) is 24.6 Å². The summed E-state index contributed by atoms with van der Waals surface area (Å²) in [5, 5.41) is 12.3. The molecule has 1 atom stereocenters. The molecule has 0 radical (unpaired) electrons. The lowest BCUT2D eigenvalue weighted by atomic mass is 10.1. The zero-order valence-corrected chi connectivity index (χ0v) is 10.9. The molecule has 0 spiro atoms. The first-order valence-electron chi connectivity index (χ1n) is 6.39. The normalized spacial score (nSPS) is 17.4. The van der Waals surface area contributed by atoms with Crippen molar-refractivity contribution in [1.29, 1.82) is 0 Å². The fourth-order valence-electron chi connectivity index (χ4n) is 2.38. The van der Waals surface area contributed by atoms with E-state index in [0.717, 1.165) is 12.1 Å². The zero-order chi connectivity index (χ0) is 13.1. The van der Waals surface area contributed by atoms with Crippen molar-refractivity contribution in [2.24, 2.45) is 0 Å². The van der Waals surface area contributed by atoms with E-state index in [1.165, 1.54) is 5.56 Å². The van der Waals surface area contributed by atoms with E-state index in [4.69, 9.17) is 5.11 Å². The number of aliphatic hydroxyl groups excluding tert-OH is 1. The lowest BCUT2D eigenvalue weighted by Gasteiger charge is -2.28. The van der Waals surface area contributed by atoms with Crippen LogP contribution in [0.3, 0.4) is 0 Å². The number of anilines is 1. The van der Waals surface area contributed by atoms with Crippen LogP contribution >= 0.6 is 0 Å². The van der Waals surface area contributed by atoms with Gasteiger partial charge in [0.25, 0.3) is 0 Å². The van der Waals surface area contributed by atoms with Crippen molar-refractivity contribution < 1.29 is 9.90 Å². The number of para-hydroxylation sites is 1. The third kappa shape index (κ3) is 2.48. The molecule has 1 amide bonds. The molecule has 4 nitrogen and oxygen atoms in total. The monoisotopic (exact) mass is 248 g/mol. The summed E-state index contributed by atoms with van der Waals surface area (Å²) in [5.41, 5.74) is 2.23. The molecule has 0 aromatic heterocycles. The van der Waals surface area contributed by atoms with Gasteiger partial charge in [-0.05, 0) is 25.5 Å². The average molecular weight is 248 g/mol. The summed E-state index contributed by atoms with van der Waals surface area (Å²) < 4.78 is 0. The number of hydrogen-bond donors (Lipinski definition) is 2. The highest BCUT2D eigenvalue weighted by Crippen LogP contribution is 2.26. The van der Waals surface area contributed by atoms with Crippen LogP contribution in [0, 0.1) is 0 Å². The van der Waals surface area contributed by atoms with Crippen molar-refractivity contribution in [3.8, 4) is 0 Å². The van der Waals surface area contributed by atoms with E-state index in [1.807, 2.05) is 38.1 Å². The molecule has 0 fully saturated rings. The molecule has 0 saturated heterocycles. The predicted octanol–water partition coefficient (Wildman–Crippen LogP) is 1.25. The highest BCUT2D eigenvalue weighted by molar-refractivity contribution is 5.87. The first kappa shape index (κ1) is 12.9. The molecule has 1 heterocycles. The van der Waals surface area contributed by atoms with Crippen molar-refractivity contribution in [3.05, 3.63) is 29.8 Å². The minimum Gasteiger partial charge on any atom is -0.395 e. The molecular formula is C14H20N2O2. The summed E-state index contributed by atoms with van der Waals surface area (Å²) >= 11 is 0. The largest absolute Gasteiger partial charge is 0.395 e. The number of nitrogens with one attached hydrogen (secondary N) is 1. The van der Waals surface area contributed by atoms with E-state index in [2.05, 4.69) is 5.32 Å². The smallest absolute Gasteiger partial charge is 0.245 e. The standard InChI is InChI=1S/C14H20N2O2/c1-10(2)16(7-8-17)14(18)13-9-11-5-3-4-6-12(11)15-13/h3-6,10,13,15,17H,7-9H2,1-2H3. The Morgan fingerprint density at radius 1 is 1.50 bits per heavy atom. The third-order valence-corrected chi connectivity index (χ3v) is 3.32. The number of rotatable bonds is 4. The Morgan fingerprint density at radius 3 is 2.83 bits per heavy atom. The van der Waals surface area contributed by atoms with Gasteiger partial charge in [0.2, 0.25) is 5.91 Å². The first-order chi connectivity index (χ1) is 8.63. The summed E-state index contributed by atoms with van der Waals surface area (Å²) in [6, 6.07) is 7.90. The third-order valence-electron chi connectivity index (χ3n) is 3.32. The second-order valence-electron chi connectivity index (χ2n) is 4.91.